The SMILES string of the molecule is CCCCCCCC[Si](OCC)(OCC)OCC.[Si]. The number of unbranched alkanes of at least 4 members (excludes halogenated alkanes) is 5. The van der Waals surface area contributed by atoms with Crippen molar-refractivity contribution >= 4 is 19.8 Å². The molecule has 0 spiro atoms. The fraction of sp³-hybridized carbons (Fsp3) is 1.00. The summed E-state index contributed by atoms with van der Waals surface area (Å²) in [5, 5.41) is 0. The third-order valence-corrected chi connectivity index (χ3v) is 6.08. The second kappa shape index (κ2) is 14.7. The average molecular weight is 305 g/mol. The molecule has 0 bridgehead atoms. The summed E-state index contributed by atoms with van der Waals surface area (Å²) < 4.78 is 17.5. The smallest absolute Gasteiger partial charge is 0.374 e. The molecule has 0 aliphatic rings. The summed E-state index contributed by atoms with van der Waals surface area (Å²) in [5.74, 6) is 0. The molecule has 0 aromatic carbocycles. The van der Waals surface area contributed by atoms with Crippen LogP contribution in [0.2, 0.25) is 6.04 Å². The molecule has 0 heterocycles. The van der Waals surface area contributed by atoms with Gasteiger partial charge in [0.15, 0.2) is 0 Å². The van der Waals surface area contributed by atoms with E-state index in [1.165, 1.54) is 32.1 Å². The van der Waals surface area contributed by atoms with E-state index in [4.69, 9.17) is 13.3 Å². The molecule has 3 nitrogen and oxygen atoms in total. The van der Waals surface area contributed by atoms with E-state index >= 15 is 0 Å². The van der Waals surface area contributed by atoms with Crippen LogP contribution in [-0.4, -0.2) is 39.6 Å². The summed E-state index contributed by atoms with van der Waals surface area (Å²) in [5.41, 5.74) is 0. The molecule has 0 aromatic rings. The molecule has 0 fully saturated rings. The predicted octanol–water partition coefficient (Wildman–Crippen LogP) is 4.01. The summed E-state index contributed by atoms with van der Waals surface area (Å²) in [6, 6.07) is 0.967. The van der Waals surface area contributed by atoms with Gasteiger partial charge in [0.1, 0.15) is 0 Å². The minimum absolute atomic E-state index is 0. The Morgan fingerprint density at radius 3 is 1.47 bits per heavy atom. The molecule has 19 heavy (non-hydrogen) atoms. The van der Waals surface area contributed by atoms with Crippen molar-refractivity contribution in [2.45, 2.75) is 72.3 Å². The molecular weight excluding hydrogens is 272 g/mol. The Morgan fingerprint density at radius 2 is 1.05 bits per heavy atom. The van der Waals surface area contributed by atoms with Gasteiger partial charge in [-0.2, -0.15) is 0 Å². The lowest BCUT2D eigenvalue weighted by Crippen LogP contribution is -2.45. The van der Waals surface area contributed by atoms with Crippen LogP contribution in [-0.2, 0) is 13.3 Å². The van der Waals surface area contributed by atoms with Gasteiger partial charge < -0.3 is 13.3 Å². The van der Waals surface area contributed by atoms with Gasteiger partial charge in [0.25, 0.3) is 0 Å². The first kappa shape index (κ1) is 21.6. The minimum atomic E-state index is -2.36. The first-order valence-electron chi connectivity index (χ1n) is 7.66. The van der Waals surface area contributed by atoms with Gasteiger partial charge in [0.05, 0.1) is 0 Å². The molecule has 5 heteroatoms. The van der Waals surface area contributed by atoms with Crippen molar-refractivity contribution in [1.82, 2.24) is 0 Å². The standard InChI is InChI=1S/C14H32O3Si.Si/c1-5-9-10-11-12-13-14-18(15-6-2,16-7-3)17-8-4;/h5-14H2,1-4H3;. The predicted molar refractivity (Wildman–Crippen MR) is 84.6 cm³/mol. The lowest BCUT2D eigenvalue weighted by molar-refractivity contribution is 0.0706. The van der Waals surface area contributed by atoms with Crippen molar-refractivity contribution < 1.29 is 13.3 Å². The molecule has 0 N–H and O–H groups in total. The lowest BCUT2D eigenvalue weighted by Gasteiger charge is -2.28. The fourth-order valence-electron chi connectivity index (χ4n) is 2.12. The summed E-state index contributed by atoms with van der Waals surface area (Å²) in [6.07, 6.45) is 7.75. The zero-order chi connectivity index (χ0) is 13.7. The molecule has 0 rings (SSSR count). The monoisotopic (exact) mass is 304 g/mol. The van der Waals surface area contributed by atoms with Gasteiger partial charge in [-0.15, -0.1) is 0 Å². The summed E-state index contributed by atoms with van der Waals surface area (Å²) >= 11 is 0. The average Bonchev–Trinajstić information content (AvgIpc) is 2.35. The number of rotatable bonds is 13. The highest BCUT2D eigenvalue weighted by Crippen LogP contribution is 2.20. The Bertz CT molecular complexity index is 163. The summed E-state index contributed by atoms with van der Waals surface area (Å²) in [4.78, 5) is 0. The van der Waals surface area contributed by atoms with Crippen molar-refractivity contribution in [3.8, 4) is 0 Å². The Labute approximate surface area is 125 Å². The van der Waals surface area contributed by atoms with Gasteiger partial charge in [0, 0.05) is 36.8 Å². The van der Waals surface area contributed by atoms with E-state index < -0.39 is 8.80 Å². The highest BCUT2D eigenvalue weighted by molar-refractivity contribution is 6.60. The summed E-state index contributed by atoms with van der Waals surface area (Å²) in [6.45, 7) is 10.3. The van der Waals surface area contributed by atoms with E-state index in [1.54, 1.807) is 0 Å². The van der Waals surface area contributed by atoms with E-state index in [0.717, 1.165) is 12.5 Å². The van der Waals surface area contributed by atoms with Crippen molar-refractivity contribution in [2.24, 2.45) is 0 Å². The second-order valence-corrected chi connectivity index (χ2v) is 7.23. The minimum Gasteiger partial charge on any atom is -0.374 e. The van der Waals surface area contributed by atoms with Gasteiger partial charge in [-0.25, -0.2) is 0 Å². The molecule has 0 aliphatic carbocycles. The Balaban J connectivity index is 0. The van der Waals surface area contributed by atoms with E-state index in [2.05, 4.69) is 6.92 Å². The van der Waals surface area contributed by atoms with Crippen molar-refractivity contribution in [3.05, 3.63) is 0 Å². The largest absolute Gasteiger partial charge is 0.500 e. The summed E-state index contributed by atoms with van der Waals surface area (Å²) in [7, 11) is -2.36. The lowest BCUT2D eigenvalue weighted by atomic mass is 10.1. The molecule has 114 valence electrons. The zero-order valence-corrected chi connectivity index (χ0v) is 15.3. The van der Waals surface area contributed by atoms with Crippen LogP contribution in [0.3, 0.4) is 0 Å². The Kier molecular flexibility index (Phi) is 16.7. The normalized spacial score (nSPS) is 11.4. The topological polar surface area (TPSA) is 27.7 Å². The van der Waals surface area contributed by atoms with Crippen molar-refractivity contribution in [3.63, 3.8) is 0 Å². The Morgan fingerprint density at radius 1 is 0.632 bits per heavy atom. The van der Waals surface area contributed by atoms with Crippen LogP contribution in [0.15, 0.2) is 0 Å². The number of hydrogen-bond acceptors (Lipinski definition) is 3. The Hall–Kier alpha value is 0.314. The molecule has 0 atom stereocenters. The molecule has 0 aliphatic heterocycles. The van der Waals surface area contributed by atoms with Crippen LogP contribution < -0.4 is 0 Å². The number of hydrogen-bond donors (Lipinski definition) is 0. The van der Waals surface area contributed by atoms with E-state index in [-0.39, 0.29) is 11.0 Å². The van der Waals surface area contributed by atoms with Crippen LogP contribution in [0.5, 0.6) is 0 Å². The van der Waals surface area contributed by atoms with Crippen molar-refractivity contribution in [1.29, 1.82) is 0 Å². The quantitative estimate of drug-likeness (QED) is 0.380. The third-order valence-electron chi connectivity index (χ3n) is 2.93. The maximum Gasteiger partial charge on any atom is 0.500 e. The fourth-order valence-corrected chi connectivity index (χ4v) is 4.81. The van der Waals surface area contributed by atoms with Gasteiger partial charge in [-0.3, -0.25) is 0 Å². The van der Waals surface area contributed by atoms with Crippen LogP contribution in [0.25, 0.3) is 0 Å². The first-order valence-corrected chi connectivity index (χ1v) is 9.59. The molecule has 0 unspecified atom stereocenters. The van der Waals surface area contributed by atoms with Gasteiger partial charge in [-0.05, 0) is 27.2 Å². The van der Waals surface area contributed by atoms with Crippen LogP contribution in [0.1, 0.15) is 66.2 Å². The molecular formula is C14H32O3Si2. The van der Waals surface area contributed by atoms with Crippen molar-refractivity contribution in [2.75, 3.05) is 19.8 Å². The molecule has 0 saturated heterocycles. The van der Waals surface area contributed by atoms with E-state index in [1.807, 2.05) is 20.8 Å². The van der Waals surface area contributed by atoms with Gasteiger partial charge in [0.2, 0.25) is 0 Å². The maximum atomic E-state index is 5.83. The third kappa shape index (κ3) is 10.7. The van der Waals surface area contributed by atoms with Crippen LogP contribution in [0, 0.1) is 0 Å². The zero-order valence-electron chi connectivity index (χ0n) is 13.3. The molecule has 0 aromatic heterocycles. The van der Waals surface area contributed by atoms with Gasteiger partial charge >= 0.3 is 8.80 Å². The van der Waals surface area contributed by atoms with Crippen LogP contribution >= 0.6 is 0 Å². The molecule has 4 radical (unpaired) electrons. The second-order valence-electron chi connectivity index (χ2n) is 4.50. The highest BCUT2D eigenvalue weighted by atomic mass is 28.4. The van der Waals surface area contributed by atoms with Gasteiger partial charge in [-0.1, -0.05) is 39.0 Å². The maximum absolute atomic E-state index is 5.83. The van der Waals surface area contributed by atoms with Crippen LogP contribution in [0.4, 0.5) is 0 Å². The first-order chi connectivity index (χ1) is 8.74. The molecule has 0 amide bonds. The van der Waals surface area contributed by atoms with E-state index in [0.29, 0.717) is 19.8 Å². The molecule has 0 saturated carbocycles. The highest BCUT2D eigenvalue weighted by Gasteiger charge is 2.39. The van der Waals surface area contributed by atoms with E-state index in [9.17, 15) is 0 Å².